The molecule has 0 spiro atoms. The number of ether oxygens (including phenoxy) is 2. The van der Waals surface area contributed by atoms with Gasteiger partial charge in [-0.2, -0.15) is 0 Å². The van der Waals surface area contributed by atoms with E-state index in [0.717, 1.165) is 24.3 Å². The van der Waals surface area contributed by atoms with Crippen LogP contribution in [0.25, 0.3) is 0 Å². The lowest BCUT2D eigenvalue weighted by Crippen LogP contribution is -2.36. The first-order valence-corrected chi connectivity index (χ1v) is 10.0. The largest absolute Gasteiger partial charge is 0.497 e. The first-order chi connectivity index (χ1) is 14.5. The van der Waals surface area contributed by atoms with Gasteiger partial charge in [0.25, 0.3) is 5.91 Å². The second-order valence-electron chi connectivity index (χ2n) is 7.49. The van der Waals surface area contributed by atoms with E-state index in [1.54, 1.807) is 31.2 Å². The Morgan fingerprint density at radius 1 is 1.10 bits per heavy atom. The Morgan fingerprint density at radius 2 is 1.80 bits per heavy atom. The van der Waals surface area contributed by atoms with E-state index in [4.69, 9.17) is 14.6 Å². The number of hydrogen-bond donors (Lipinski definition) is 1. The van der Waals surface area contributed by atoms with Crippen molar-refractivity contribution in [2.45, 2.75) is 19.4 Å². The van der Waals surface area contributed by atoms with Crippen LogP contribution >= 0.6 is 0 Å². The second kappa shape index (κ2) is 10.0. The van der Waals surface area contributed by atoms with Gasteiger partial charge in [0.1, 0.15) is 11.5 Å². The smallest absolute Gasteiger partial charge is 0.306 e. The molecule has 30 heavy (non-hydrogen) atoms. The molecule has 0 unspecified atom stereocenters. The average molecular weight is 412 g/mol. The number of anilines is 1. The van der Waals surface area contributed by atoms with Gasteiger partial charge in [-0.3, -0.25) is 9.59 Å². The van der Waals surface area contributed by atoms with Crippen LogP contribution in [0.5, 0.6) is 11.5 Å². The van der Waals surface area contributed by atoms with Crippen molar-refractivity contribution >= 4 is 17.6 Å². The van der Waals surface area contributed by atoms with Gasteiger partial charge in [0.05, 0.1) is 13.0 Å². The van der Waals surface area contributed by atoms with Crippen molar-refractivity contribution in [3.63, 3.8) is 0 Å². The van der Waals surface area contributed by atoms with Crippen LogP contribution in [-0.4, -0.2) is 55.7 Å². The van der Waals surface area contributed by atoms with Crippen LogP contribution in [-0.2, 0) is 16.1 Å². The van der Waals surface area contributed by atoms with Gasteiger partial charge in [-0.15, -0.1) is 0 Å². The molecule has 7 nitrogen and oxygen atoms in total. The molecule has 0 atom stereocenters. The van der Waals surface area contributed by atoms with Crippen molar-refractivity contribution in [1.29, 1.82) is 0 Å². The SMILES string of the molecule is COc1cccc(OCC(=O)N(C)Cc2cccc(N3CCC(C(=O)O)CC3)c2)c1. The van der Waals surface area contributed by atoms with E-state index >= 15 is 0 Å². The summed E-state index contributed by atoms with van der Waals surface area (Å²) in [6.45, 7) is 1.87. The van der Waals surface area contributed by atoms with Gasteiger partial charge in [-0.1, -0.05) is 18.2 Å². The van der Waals surface area contributed by atoms with Gasteiger partial charge < -0.3 is 24.4 Å². The molecule has 2 aromatic rings. The minimum atomic E-state index is -0.709. The molecule has 1 fully saturated rings. The van der Waals surface area contributed by atoms with Crippen LogP contribution in [0.4, 0.5) is 5.69 Å². The molecule has 1 heterocycles. The Kier molecular flexibility index (Phi) is 7.17. The summed E-state index contributed by atoms with van der Waals surface area (Å²) in [6.07, 6.45) is 1.30. The number of carboxylic acid groups (broad SMARTS) is 1. The number of piperidine rings is 1. The highest BCUT2D eigenvalue weighted by Crippen LogP contribution is 2.24. The fourth-order valence-electron chi connectivity index (χ4n) is 3.54. The van der Waals surface area contributed by atoms with E-state index in [1.165, 1.54) is 0 Å². The van der Waals surface area contributed by atoms with Crippen LogP contribution in [0.2, 0.25) is 0 Å². The molecule has 0 aliphatic carbocycles. The molecule has 1 saturated heterocycles. The Labute approximate surface area is 176 Å². The number of methoxy groups -OCH3 is 1. The van der Waals surface area contributed by atoms with E-state index < -0.39 is 5.97 Å². The van der Waals surface area contributed by atoms with Gasteiger partial charge in [0.2, 0.25) is 0 Å². The van der Waals surface area contributed by atoms with Crippen molar-refractivity contribution in [2.24, 2.45) is 5.92 Å². The zero-order chi connectivity index (χ0) is 21.5. The molecule has 3 rings (SSSR count). The monoisotopic (exact) mass is 412 g/mol. The molecule has 2 aromatic carbocycles. The van der Waals surface area contributed by atoms with Crippen molar-refractivity contribution in [3.8, 4) is 11.5 Å². The number of likely N-dealkylation sites (N-methyl/N-ethyl adjacent to an activating group) is 1. The first kappa shape index (κ1) is 21.5. The summed E-state index contributed by atoms with van der Waals surface area (Å²) in [5, 5.41) is 9.16. The average Bonchev–Trinajstić information content (AvgIpc) is 2.77. The van der Waals surface area contributed by atoms with Gasteiger partial charge in [0.15, 0.2) is 6.61 Å². The van der Waals surface area contributed by atoms with Crippen LogP contribution in [0.3, 0.4) is 0 Å². The molecule has 1 aliphatic rings. The standard InChI is InChI=1S/C23H28N2O5/c1-24(22(26)16-30-21-8-4-7-20(14-21)29-2)15-17-5-3-6-19(13-17)25-11-9-18(10-12-25)23(27)28/h3-8,13-14,18H,9-12,15-16H2,1-2H3,(H,27,28). The van der Waals surface area contributed by atoms with E-state index in [2.05, 4.69) is 11.0 Å². The summed E-state index contributed by atoms with van der Waals surface area (Å²) in [7, 11) is 3.34. The third kappa shape index (κ3) is 5.65. The van der Waals surface area contributed by atoms with E-state index in [9.17, 15) is 9.59 Å². The fourth-order valence-corrected chi connectivity index (χ4v) is 3.54. The van der Waals surface area contributed by atoms with E-state index in [-0.39, 0.29) is 18.4 Å². The maximum Gasteiger partial charge on any atom is 0.306 e. The maximum absolute atomic E-state index is 12.5. The number of carbonyl (C=O) groups excluding carboxylic acids is 1. The molecule has 1 amide bonds. The Hall–Kier alpha value is -3.22. The molecule has 1 N–H and O–H groups in total. The second-order valence-corrected chi connectivity index (χ2v) is 7.49. The Bertz CT molecular complexity index is 877. The molecule has 0 saturated carbocycles. The molecular formula is C23H28N2O5. The predicted octanol–water partition coefficient (Wildman–Crippen LogP) is 3.03. The fraction of sp³-hybridized carbons (Fsp3) is 0.391. The van der Waals surface area contributed by atoms with E-state index in [0.29, 0.717) is 30.9 Å². The summed E-state index contributed by atoms with van der Waals surface area (Å²) in [5.41, 5.74) is 2.08. The zero-order valence-electron chi connectivity index (χ0n) is 17.4. The normalized spacial score (nSPS) is 14.3. The number of nitrogens with zero attached hydrogens (tertiary/aromatic N) is 2. The summed E-state index contributed by atoms with van der Waals surface area (Å²) in [4.78, 5) is 27.4. The third-order valence-electron chi connectivity index (χ3n) is 5.37. The number of rotatable bonds is 8. The predicted molar refractivity (Wildman–Crippen MR) is 114 cm³/mol. The first-order valence-electron chi connectivity index (χ1n) is 10.0. The third-order valence-corrected chi connectivity index (χ3v) is 5.37. The number of amides is 1. The number of aliphatic carboxylic acids is 1. The number of hydrogen-bond acceptors (Lipinski definition) is 5. The van der Waals surface area contributed by atoms with E-state index in [1.807, 2.05) is 30.3 Å². The van der Waals surface area contributed by atoms with Crippen LogP contribution < -0.4 is 14.4 Å². The lowest BCUT2D eigenvalue weighted by Gasteiger charge is -2.32. The van der Waals surface area contributed by atoms with Crippen molar-refractivity contribution in [2.75, 3.05) is 38.8 Å². The lowest BCUT2D eigenvalue weighted by atomic mass is 9.96. The molecule has 1 aliphatic heterocycles. The number of carboxylic acids is 1. The molecule has 0 aromatic heterocycles. The van der Waals surface area contributed by atoms with Crippen LogP contribution in [0, 0.1) is 5.92 Å². The summed E-state index contributed by atoms with van der Waals surface area (Å²) < 4.78 is 10.7. The van der Waals surface area contributed by atoms with Gasteiger partial charge in [0, 0.05) is 38.4 Å². The van der Waals surface area contributed by atoms with Gasteiger partial charge in [-0.25, -0.2) is 0 Å². The lowest BCUT2D eigenvalue weighted by molar-refractivity contribution is -0.142. The molecule has 160 valence electrons. The molecule has 7 heteroatoms. The molecule has 0 radical (unpaired) electrons. The zero-order valence-corrected chi connectivity index (χ0v) is 17.4. The topological polar surface area (TPSA) is 79.3 Å². The maximum atomic E-state index is 12.5. The Morgan fingerprint density at radius 3 is 2.50 bits per heavy atom. The van der Waals surface area contributed by atoms with Crippen LogP contribution in [0.15, 0.2) is 48.5 Å². The minimum absolute atomic E-state index is 0.0495. The minimum Gasteiger partial charge on any atom is -0.497 e. The molecular weight excluding hydrogens is 384 g/mol. The number of benzene rings is 2. The summed E-state index contributed by atoms with van der Waals surface area (Å²) in [6, 6.07) is 15.2. The van der Waals surface area contributed by atoms with Crippen molar-refractivity contribution < 1.29 is 24.2 Å². The summed E-state index contributed by atoms with van der Waals surface area (Å²) >= 11 is 0. The Balaban J connectivity index is 1.53. The highest BCUT2D eigenvalue weighted by molar-refractivity contribution is 5.77. The van der Waals surface area contributed by atoms with Gasteiger partial charge in [-0.05, 0) is 42.7 Å². The van der Waals surface area contributed by atoms with Gasteiger partial charge >= 0.3 is 5.97 Å². The highest BCUT2D eigenvalue weighted by Gasteiger charge is 2.24. The van der Waals surface area contributed by atoms with Crippen molar-refractivity contribution in [3.05, 3.63) is 54.1 Å². The van der Waals surface area contributed by atoms with Crippen molar-refractivity contribution in [1.82, 2.24) is 4.90 Å². The highest BCUT2D eigenvalue weighted by atomic mass is 16.5. The quantitative estimate of drug-likeness (QED) is 0.718. The molecule has 0 bridgehead atoms. The van der Waals surface area contributed by atoms with Crippen LogP contribution in [0.1, 0.15) is 18.4 Å². The number of carbonyl (C=O) groups is 2. The summed E-state index contributed by atoms with van der Waals surface area (Å²) in [5.74, 6) is 0.184.